The number of nitrogens with zero attached hydrogens (tertiary/aromatic N) is 4. The third-order valence-electron chi connectivity index (χ3n) is 5.34. The van der Waals surface area contributed by atoms with Crippen LogP contribution in [0, 0.1) is 18.3 Å². The fourth-order valence-corrected chi connectivity index (χ4v) is 3.62. The molecule has 1 N–H and O–H groups in total. The molecule has 0 unspecified atom stereocenters. The van der Waals surface area contributed by atoms with Gasteiger partial charge in [-0.25, -0.2) is 4.98 Å². The van der Waals surface area contributed by atoms with E-state index in [0.29, 0.717) is 18.1 Å². The summed E-state index contributed by atoms with van der Waals surface area (Å²) in [6, 6.07) is 13.9. The molecular formula is C21H21N5O. The molecule has 6 nitrogen and oxygen atoms in total. The quantitative estimate of drug-likeness (QED) is 0.779. The lowest BCUT2D eigenvalue weighted by Crippen LogP contribution is -2.35. The monoisotopic (exact) mass is 359 g/mol. The summed E-state index contributed by atoms with van der Waals surface area (Å²) in [5.41, 5.74) is 5.36. The van der Waals surface area contributed by atoms with Crippen molar-refractivity contribution in [1.29, 1.82) is 5.26 Å². The second-order valence-corrected chi connectivity index (χ2v) is 6.98. The Morgan fingerprint density at radius 2 is 2.07 bits per heavy atom. The Hall–Kier alpha value is -3.17. The number of H-pyrrole nitrogens is 1. The van der Waals surface area contributed by atoms with Crippen LogP contribution in [0.25, 0.3) is 11.4 Å². The molecule has 0 saturated heterocycles. The van der Waals surface area contributed by atoms with Crippen LogP contribution in [0.5, 0.6) is 0 Å². The van der Waals surface area contributed by atoms with E-state index >= 15 is 0 Å². The van der Waals surface area contributed by atoms with Crippen LogP contribution in [-0.2, 0) is 26.6 Å². The third-order valence-corrected chi connectivity index (χ3v) is 5.34. The first-order valence-corrected chi connectivity index (χ1v) is 9.02. The standard InChI is InChI=1S/C21H21N5O/c1-14-16(10-17(11-22)25(14)2)12-26-9-8-19-18(13-26)21(27)24-20(23-19)15-6-4-3-5-7-15/h3-7,10H,8-9,12-13H2,1-2H3,(H,23,24,27). The predicted molar refractivity (Wildman–Crippen MR) is 103 cm³/mol. The molecule has 0 atom stereocenters. The van der Waals surface area contributed by atoms with E-state index in [1.54, 1.807) is 0 Å². The molecule has 6 heteroatoms. The van der Waals surface area contributed by atoms with Gasteiger partial charge in [-0.3, -0.25) is 9.69 Å². The second kappa shape index (κ2) is 6.86. The minimum atomic E-state index is -0.0638. The molecule has 0 saturated carbocycles. The molecule has 0 aliphatic carbocycles. The van der Waals surface area contributed by atoms with Gasteiger partial charge in [0.1, 0.15) is 17.6 Å². The summed E-state index contributed by atoms with van der Waals surface area (Å²) >= 11 is 0. The number of hydrogen-bond acceptors (Lipinski definition) is 4. The summed E-state index contributed by atoms with van der Waals surface area (Å²) < 4.78 is 1.91. The summed E-state index contributed by atoms with van der Waals surface area (Å²) in [6.07, 6.45) is 0.746. The highest BCUT2D eigenvalue weighted by atomic mass is 16.1. The number of fused-ring (bicyclic) bond motifs is 1. The number of aromatic nitrogens is 3. The largest absolute Gasteiger partial charge is 0.340 e. The molecule has 1 aromatic carbocycles. The average Bonchev–Trinajstić information content (AvgIpc) is 2.97. The molecule has 3 aromatic rings. The van der Waals surface area contributed by atoms with Gasteiger partial charge in [0.25, 0.3) is 5.56 Å². The molecule has 0 bridgehead atoms. The molecule has 2 aromatic heterocycles. The smallest absolute Gasteiger partial charge is 0.255 e. The van der Waals surface area contributed by atoms with Crippen molar-refractivity contribution in [3.05, 3.63) is 75.0 Å². The molecule has 4 rings (SSSR count). The minimum absolute atomic E-state index is 0.0638. The maximum atomic E-state index is 12.7. The van der Waals surface area contributed by atoms with E-state index in [1.165, 1.54) is 0 Å². The Morgan fingerprint density at radius 1 is 1.30 bits per heavy atom. The first kappa shape index (κ1) is 17.3. The first-order chi connectivity index (χ1) is 13.1. The van der Waals surface area contributed by atoms with Crippen molar-refractivity contribution in [2.45, 2.75) is 26.4 Å². The van der Waals surface area contributed by atoms with Gasteiger partial charge in [-0.05, 0) is 18.6 Å². The van der Waals surface area contributed by atoms with Crippen molar-refractivity contribution in [3.8, 4) is 17.5 Å². The molecule has 1 aliphatic rings. The Kier molecular flexibility index (Phi) is 4.38. The lowest BCUT2D eigenvalue weighted by molar-refractivity contribution is 0.241. The molecule has 0 spiro atoms. The fourth-order valence-electron chi connectivity index (χ4n) is 3.62. The number of nitriles is 1. The van der Waals surface area contributed by atoms with E-state index in [1.807, 2.05) is 54.9 Å². The molecule has 136 valence electrons. The lowest BCUT2D eigenvalue weighted by Gasteiger charge is -2.27. The van der Waals surface area contributed by atoms with Crippen LogP contribution >= 0.6 is 0 Å². The second-order valence-electron chi connectivity index (χ2n) is 6.98. The number of hydrogen-bond donors (Lipinski definition) is 1. The van der Waals surface area contributed by atoms with Crippen molar-refractivity contribution in [2.75, 3.05) is 6.54 Å². The summed E-state index contributed by atoms with van der Waals surface area (Å²) in [4.78, 5) is 22.5. The van der Waals surface area contributed by atoms with Crippen LogP contribution < -0.4 is 5.56 Å². The number of benzene rings is 1. The van der Waals surface area contributed by atoms with Gasteiger partial charge in [0.15, 0.2) is 0 Å². The predicted octanol–water partition coefficient (Wildman–Crippen LogP) is 2.51. The Morgan fingerprint density at radius 3 is 2.78 bits per heavy atom. The van der Waals surface area contributed by atoms with E-state index in [0.717, 1.165) is 47.6 Å². The van der Waals surface area contributed by atoms with Crippen molar-refractivity contribution < 1.29 is 0 Å². The average molecular weight is 359 g/mol. The van der Waals surface area contributed by atoms with Crippen LogP contribution in [0.2, 0.25) is 0 Å². The molecule has 0 radical (unpaired) electrons. The van der Waals surface area contributed by atoms with Gasteiger partial charge in [0.2, 0.25) is 0 Å². The van der Waals surface area contributed by atoms with Crippen molar-refractivity contribution in [2.24, 2.45) is 7.05 Å². The van der Waals surface area contributed by atoms with Gasteiger partial charge >= 0.3 is 0 Å². The molecule has 1 aliphatic heterocycles. The van der Waals surface area contributed by atoms with Crippen LogP contribution in [0.15, 0.2) is 41.2 Å². The van der Waals surface area contributed by atoms with Crippen LogP contribution in [0.1, 0.15) is 28.2 Å². The lowest BCUT2D eigenvalue weighted by atomic mass is 10.1. The van der Waals surface area contributed by atoms with Gasteiger partial charge in [-0.1, -0.05) is 30.3 Å². The maximum Gasteiger partial charge on any atom is 0.255 e. The van der Waals surface area contributed by atoms with E-state index in [9.17, 15) is 10.1 Å². The Balaban J connectivity index is 1.59. The van der Waals surface area contributed by atoms with E-state index in [-0.39, 0.29) is 5.56 Å². The summed E-state index contributed by atoms with van der Waals surface area (Å²) in [6.45, 7) is 4.16. The van der Waals surface area contributed by atoms with E-state index in [4.69, 9.17) is 4.98 Å². The van der Waals surface area contributed by atoms with E-state index in [2.05, 4.69) is 16.0 Å². The van der Waals surface area contributed by atoms with Gasteiger partial charge < -0.3 is 9.55 Å². The third kappa shape index (κ3) is 3.18. The van der Waals surface area contributed by atoms with Crippen LogP contribution in [0.4, 0.5) is 0 Å². The summed E-state index contributed by atoms with van der Waals surface area (Å²) in [5, 5.41) is 9.21. The highest BCUT2D eigenvalue weighted by molar-refractivity contribution is 5.54. The molecular weight excluding hydrogens is 338 g/mol. The van der Waals surface area contributed by atoms with Gasteiger partial charge in [-0.15, -0.1) is 0 Å². The number of nitrogens with one attached hydrogen (secondary N) is 1. The zero-order chi connectivity index (χ0) is 19.0. The van der Waals surface area contributed by atoms with E-state index < -0.39 is 0 Å². The summed E-state index contributed by atoms with van der Waals surface area (Å²) in [5.74, 6) is 0.630. The molecule has 3 heterocycles. The summed E-state index contributed by atoms with van der Waals surface area (Å²) in [7, 11) is 1.91. The topological polar surface area (TPSA) is 77.7 Å². The fraction of sp³-hybridized carbons (Fsp3) is 0.286. The number of aromatic amines is 1. The zero-order valence-corrected chi connectivity index (χ0v) is 15.5. The van der Waals surface area contributed by atoms with Gasteiger partial charge in [-0.2, -0.15) is 5.26 Å². The molecule has 0 fully saturated rings. The maximum absolute atomic E-state index is 12.7. The van der Waals surface area contributed by atoms with Crippen LogP contribution in [-0.4, -0.2) is 26.0 Å². The van der Waals surface area contributed by atoms with Crippen molar-refractivity contribution >= 4 is 0 Å². The highest BCUT2D eigenvalue weighted by Gasteiger charge is 2.22. The Bertz CT molecular complexity index is 1090. The number of rotatable bonds is 3. The zero-order valence-electron chi connectivity index (χ0n) is 15.5. The highest BCUT2D eigenvalue weighted by Crippen LogP contribution is 2.22. The SMILES string of the molecule is Cc1c(CN2CCc3nc(-c4ccccc4)[nH]c(=O)c3C2)cc(C#N)n1C. The Labute approximate surface area is 157 Å². The van der Waals surface area contributed by atoms with Crippen molar-refractivity contribution in [3.63, 3.8) is 0 Å². The minimum Gasteiger partial charge on any atom is -0.340 e. The van der Waals surface area contributed by atoms with Gasteiger partial charge in [0.05, 0.1) is 11.3 Å². The molecule has 27 heavy (non-hydrogen) atoms. The normalized spacial score (nSPS) is 14.0. The van der Waals surface area contributed by atoms with Crippen molar-refractivity contribution in [1.82, 2.24) is 19.4 Å². The molecule has 0 amide bonds. The van der Waals surface area contributed by atoms with Crippen LogP contribution in [0.3, 0.4) is 0 Å². The first-order valence-electron chi connectivity index (χ1n) is 9.02. The van der Waals surface area contributed by atoms with Gasteiger partial charge in [0, 0.05) is 44.4 Å².